The number of hydrogen-bond donors (Lipinski definition) is 1. The molecule has 3 aromatic rings. The number of nitrogens with zero attached hydrogens (tertiary/aromatic N) is 2. The van der Waals surface area contributed by atoms with Crippen LogP contribution in [0.2, 0.25) is 0 Å². The number of nitrogens with one attached hydrogen (secondary N) is 1. The molecule has 0 aliphatic carbocycles. The van der Waals surface area contributed by atoms with Gasteiger partial charge in [-0.1, -0.05) is 36.4 Å². The van der Waals surface area contributed by atoms with Crippen LogP contribution in [0, 0.1) is 5.92 Å². The lowest BCUT2D eigenvalue weighted by molar-refractivity contribution is 0.157. The fourth-order valence-electron chi connectivity index (χ4n) is 4.56. The number of aryl methyl sites for hydroxylation is 1. The minimum absolute atomic E-state index is 0.773. The molecule has 0 bridgehead atoms. The van der Waals surface area contributed by atoms with Gasteiger partial charge in [0.2, 0.25) is 0 Å². The van der Waals surface area contributed by atoms with Gasteiger partial charge < -0.3 is 14.6 Å². The minimum Gasteiger partial charge on any atom is -0.494 e. The van der Waals surface area contributed by atoms with Crippen LogP contribution >= 0.6 is 0 Å². The SMILES string of the molecule is C=CCNCc1cc2cc(OCCC3CCN(Cc4ccccc4)CC3)ccc2n1C. The van der Waals surface area contributed by atoms with Gasteiger partial charge in [-0.3, -0.25) is 4.90 Å². The molecule has 4 nitrogen and oxygen atoms in total. The number of likely N-dealkylation sites (tertiary alicyclic amines) is 1. The van der Waals surface area contributed by atoms with E-state index >= 15 is 0 Å². The zero-order valence-electron chi connectivity index (χ0n) is 18.7. The third-order valence-corrected chi connectivity index (χ3v) is 6.46. The molecule has 1 saturated heterocycles. The molecule has 0 saturated carbocycles. The van der Waals surface area contributed by atoms with E-state index in [2.05, 4.69) is 83.0 Å². The van der Waals surface area contributed by atoms with Gasteiger partial charge in [0.1, 0.15) is 5.75 Å². The van der Waals surface area contributed by atoms with Crippen LogP contribution in [0.4, 0.5) is 0 Å². The first-order chi connectivity index (χ1) is 15.2. The van der Waals surface area contributed by atoms with Crippen LogP contribution in [0.1, 0.15) is 30.5 Å². The van der Waals surface area contributed by atoms with E-state index in [9.17, 15) is 0 Å². The molecule has 1 N–H and O–H groups in total. The maximum Gasteiger partial charge on any atom is 0.120 e. The quantitative estimate of drug-likeness (QED) is 0.366. The van der Waals surface area contributed by atoms with E-state index in [1.54, 1.807) is 0 Å². The fraction of sp³-hybridized carbons (Fsp3) is 0.407. The zero-order valence-corrected chi connectivity index (χ0v) is 18.7. The van der Waals surface area contributed by atoms with E-state index in [4.69, 9.17) is 4.74 Å². The molecule has 0 spiro atoms. The Morgan fingerprint density at radius 1 is 1.10 bits per heavy atom. The Balaban J connectivity index is 1.23. The Morgan fingerprint density at radius 2 is 1.90 bits per heavy atom. The first-order valence-electron chi connectivity index (χ1n) is 11.5. The number of benzene rings is 2. The van der Waals surface area contributed by atoms with E-state index < -0.39 is 0 Å². The molecule has 1 aromatic heterocycles. The van der Waals surface area contributed by atoms with Crippen molar-refractivity contribution in [2.75, 3.05) is 26.2 Å². The lowest BCUT2D eigenvalue weighted by atomic mass is 9.93. The topological polar surface area (TPSA) is 29.4 Å². The number of aromatic nitrogens is 1. The molecule has 0 unspecified atom stereocenters. The Bertz CT molecular complexity index is 971. The Labute approximate surface area is 186 Å². The van der Waals surface area contributed by atoms with Crippen molar-refractivity contribution in [3.8, 4) is 5.75 Å². The number of ether oxygens (including phenoxy) is 1. The lowest BCUT2D eigenvalue weighted by Gasteiger charge is -2.32. The maximum absolute atomic E-state index is 6.14. The maximum atomic E-state index is 6.14. The largest absolute Gasteiger partial charge is 0.494 e. The fourth-order valence-corrected chi connectivity index (χ4v) is 4.56. The summed E-state index contributed by atoms with van der Waals surface area (Å²) in [7, 11) is 2.12. The average Bonchev–Trinajstić information content (AvgIpc) is 3.11. The molecule has 0 atom stereocenters. The molecule has 4 rings (SSSR count). The van der Waals surface area contributed by atoms with E-state index in [1.807, 2.05) is 6.08 Å². The molecular formula is C27H35N3O. The van der Waals surface area contributed by atoms with Gasteiger partial charge in [-0.05, 0) is 68.1 Å². The van der Waals surface area contributed by atoms with Crippen molar-refractivity contribution in [1.82, 2.24) is 14.8 Å². The van der Waals surface area contributed by atoms with Crippen LogP contribution in [-0.2, 0) is 20.1 Å². The van der Waals surface area contributed by atoms with Gasteiger partial charge in [-0.25, -0.2) is 0 Å². The second-order valence-electron chi connectivity index (χ2n) is 8.68. The van der Waals surface area contributed by atoms with Crippen molar-refractivity contribution in [2.45, 2.75) is 32.4 Å². The van der Waals surface area contributed by atoms with Crippen LogP contribution in [-0.4, -0.2) is 35.7 Å². The summed E-state index contributed by atoms with van der Waals surface area (Å²) in [6.07, 6.45) is 5.58. The summed E-state index contributed by atoms with van der Waals surface area (Å²) in [6.45, 7) is 9.69. The molecule has 1 aliphatic rings. The van der Waals surface area contributed by atoms with Crippen LogP contribution < -0.4 is 10.1 Å². The standard InChI is InChI=1S/C27H35N3O/c1-3-14-28-20-25-18-24-19-26(9-10-27(24)29(25)2)31-17-13-22-11-15-30(16-12-22)21-23-7-5-4-6-8-23/h3-10,18-19,22,28H,1,11-17,20-21H2,2H3. The van der Waals surface area contributed by atoms with Gasteiger partial charge in [0.05, 0.1) is 6.61 Å². The first-order valence-corrected chi connectivity index (χ1v) is 11.5. The van der Waals surface area contributed by atoms with Gasteiger partial charge in [0, 0.05) is 43.3 Å². The molecule has 2 heterocycles. The van der Waals surface area contributed by atoms with Crippen molar-refractivity contribution in [3.05, 3.63) is 78.5 Å². The van der Waals surface area contributed by atoms with E-state index in [-0.39, 0.29) is 0 Å². The minimum atomic E-state index is 0.773. The third kappa shape index (κ3) is 5.78. The smallest absolute Gasteiger partial charge is 0.120 e. The normalized spacial score (nSPS) is 15.4. The first kappa shape index (κ1) is 21.7. The van der Waals surface area contributed by atoms with Gasteiger partial charge in [-0.2, -0.15) is 0 Å². The molecule has 4 heteroatoms. The Kier molecular flexibility index (Phi) is 7.44. The average molecular weight is 418 g/mol. The monoisotopic (exact) mass is 417 g/mol. The summed E-state index contributed by atoms with van der Waals surface area (Å²) in [5, 5.41) is 4.62. The molecule has 164 valence electrons. The summed E-state index contributed by atoms with van der Waals surface area (Å²) in [6, 6.07) is 19.5. The summed E-state index contributed by atoms with van der Waals surface area (Å²) in [4.78, 5) is 2.58. The molecule has 1 fully saturated rings. The number of fused-ring (bicyclic) bond motifs is 1. The van der Waals surface area contributed by atoms with Crippen molar-refractivity contribution < 1.29 is 4.74 Å². The predicted octanol–water partition coefficient (Wildman–Crippen LogP) is 5.14. The second-order valence-corrected chi connectivity index (χ2v) is 8.68. The van der Waals surface area contributed by atoms with Crippen LogP contribution in [0.5, 0.6) is 5.75 Å². The van der Waals surface area contributed by atoms with Crippen molar-refractivity contribution in [3.63, 3.8) is 0 Å². The van der Waals surface area contributed by atoms with E-state index in [0.29, 0.717) is 0 Å². The van der Waals surface area contributed by atoms with Crippen LogP contribution in [0.25, 0.3) is 10.9 Å². The van der Waals surface area contributed by atoms with E-state index in [0.717, 1.165) is 44.3 Å². The van der Waals surface area contributed by atoms with Gasteiger partial charge in [0.15, 0.2) is 0 Å². The summed E-state index contributed by atoms with van der Waals surface area (Å²) in [5.74, 6) is 1.75. The third-order valence-electron chi connectivity index (χ3n) is 6.46. The number of hydrogen-bond acceptors (Lipinski definition) is 3. The zero-order chi connectivity index (χ0) is 21.5. The Hall–Kier alpha value is -2.56. The molecule has 1 aliphatic heterocycles. The molecule has 0 radical (unpaired) electrons. The molecule has 2 aromatic carbocycles. The van der Waals surface area contributed by atoms with E-state index in [1.165, 1.54) is 48.1 Å². The highest BCUT2D eigenvalue weighted by molar-refractivity contribution is 5.82. The summed E-state index contributed by atoms with van der Waals surface area (Å²) in [5.41, 5.74) is 3.94. The van der Waals surface area contributed by atoms with Crippen molar-refractivity contribution in [2.24, 2.45) is 13.0 Å². The van der Waals surface area contributed by atoms with Gasteiger partial charge >= 0.3 is 0 Å². The molecule has 31 heavy (non-hydrogen) atoms. The van der Waals surface area contributed by atoms with Crippen molar-refractivity contribution >= 4 is 10.9 Å². The van der Waals surface area contributed by atoms with Crippen molar-refractivity contribution in [1.29, 1.82) is 0 Å². The van der Waals surface area contributed by atoms with Crippen LogP contribution in [0.3, 0.4) is 0 Å². The summed E-state index contributed by atoms with van der Waals surface area (Å²) >= 11 is 0. The highest BCUT2D eigenvalue weighted by atomic mass is 16.5. The predicted molar refractivity (Wildman–Crippen MR) is 129 cm³/mol. The second kappa shape index (κ2) is 10.7. The molecular weight excluding hydrogens is 382 g/mol. The van der Waals surface area contributed by atoms with Gasteiger partial charge in [-0.15, -0.1) is 6.58 Å². The number of rotatable bonds is 10. The summed E-state index contributed by atoms with van der Waals surface area (Å²) < 4.78 is 8.38. The highest BCUT2D eigenvalue weighted by Gasteiger charge is 2.19. The lowest BCUT2D eigenvalue weighted by Crippen LogP contribution is -2.33. The highest BCUT2D eigenvalue weighted by Crippen LogP contribution is 2.26. The van der Waals surface area contributed by atoms with Gasteiger partial charge in [0.25, 0.3) is 0 Å². The van der Waals surface area contributed by atoms with Crippen LogP contribution in [0.15, 0.2) is 67.3 Å². The number of piperidine rings is 1. The Morgan fingerprint density at radius 3 is 2.68 bits per heavy atom. The molecule has 0 amide bonds.